The Balaban J connectivity index is 2.25. The molecular weight excluding hydrogens is 488 g/mol. The SMILES string of the molecule is CCCCN=c1c(-c2ccccc2)[n+](-c2c(C(C)C)cccc2C(C)C)[n-]n1-c1c(C(C)C)cccc1C(C)C. The highest BCUT2D eigenvalue weighted by Crippen LogP contribution is 2.32. The molecule has 0 radical (unpaired) electrons. The van der Waals surface area contributed by atoms with Crippen LogP contribution in [0.25, 0.3) is 22.6 Å². The lowest BCUT2D eigenvalue weighted by molar-refractivity contribution is -0.657. The molecule has 4 aromatic rings. The van der Waals surface area contributed by atoms with Gasteiger partial charge in [-0.15, -0.1) is 0 Å². The summed E-state index contributed by atoms with van der Waals surface area (Å²) in [6, 6.07) is 24.2. The van der Waals surface area contributed by atoms with Gasteiger partial charge in [0.1, 0.15) is 11.4 Å². The molecule has 0 N–H and O–H groups in total. The molecule has 0 aliphatic carbocycles. The fourth-order valence-corrected chi connectivity index (χ4v) is 5.52. The van der Waals surface area contributed by atoms with Crippen LogP contribution in [0.4, 0.5) is 0 Å². The Morgan fingerprint density at radius 2 is 1.18 bits per heavy atom. The van der Waals surface area contributed by atoms with E-state index in [0.29, 0.717) is 23.7 Å². The first-order chi connectivity index (χ1) is 19.2. The fourth-order valence-electron chi connectivity index (χ4n) is 5.52. The molecule has 3 aromatic carbocycles. The molecule has 4 rings (SSSR count). The zero-order chi connectivity index (χ0) is 29.0. The van der Waals surface area contributed by atoms with Crippen LogP contribution in [0.15, 0.2) is 71.7 Å². The highest BCUT2D eigenvalue weighted by Gasteiger charge is 2.26. The van der Waals surface area contributed by atoms with Crippen molar-refractivity contribution in [3.8, 4) is 22.6 Å². The van der Waals surface area contributed by atoms with Crippen molar-refractivity contribution in [3.05, 3.63) is 94.5 Å². The maximum atomic E-state index is 5.52. The number of unbranched alkanes of at least 4 members (excludes halogenated alkanes) is 1. The Bertz CT molecular complexity index is 1430. The summed E-state index contributed by atoms with van der Waals surface area (Å²) in [5, 5.41) is 5.52. The molecule has 0 unspecified atom stereocenters. The Hall–Kier alpha value is -3.40. The van der Waals surface area contributed by atoms with Crippen LogP contribution in [-0.4, -0.2) is 11.2 Å². The molecule has 4 nitrogen and oxygen atoms in total. The van der Waals surface area contributed by atoms with Gasteiger partial charge in [0, 0.05) is 34.4 Å². The van der Waals surface area contributed by atoms with E-state index in [2.05, 4.69) is 138 Å². The van der Waals surface area contributed by atoms with Crippen LogP contribution in [0.3, 0.4) is 0 Å². The van der Waals surface area contributed by atoms with Crippen LogP contribution in [-0.2, 0) is 0 Å². The smallest absolute Gasteiger partial charge is 0.254 e. The highest BCUT2D eigenvalue weighted by atomic mass is 15.5. The van der Waals surface area contributed by atoms with Gasteiger partial charge in [0.25, 0.3) is 5.49 Å². The van der Waals surface area contributed by atoms with Crippen molar-refractivity contribution in [1.29, 1.82) is 0 Å². The van der Waals surface area contributed by atoms with Crippen LogP contribution in [0.1, 0.15) is 121 Å². The molecule has 40 heavy (non-hydrogen) atoms. The third kappa shape index (κ3) is 5.87. The van der Waals surface area contributed by atoms with Gasteiger partial charge in [0.05, 0.1) is 0 Å². The van der Waals surface area contributed by atoms with Gasteiger partial charge in [0.15, 0.2) is 5.69 Å². The number of rotatable bonds is 10. The summed E-state index contributed by atoms with van der Waals surface area (Å²) in [7, 11) is 0. The minimum absolute atomic E-state index is 0.351. The van der Waals surface area contributed by atoms with Gasteiger partial charge in [-0.1, -0.05) is 135 Å². The summed E-state index contributed by atoms with van der Waals surface area (Å²) in [5.74, 6) is 1.41. The third-order valence-corrected chi connectivity index (χ3v) is 7.73. The predicted molar refractivity (Wildman–Crippen MR) is 168 cm³/mol. The van der Waals surface area contributed by atoms with Gasteiger partial charge in [-0.2, -0.15) is 0 Å². The lowest BCUT2D eigenvalue weighted by Gasteiger charge is -2.22. The first-order valence-corrected chi connectivity index (χ1v) is 15.2. The highest BCUT2D eigenvalue weighted by molar-refractivity contribution is 5.59. The van der Waals surface area contributed by atoms with Crippen molar-refractivity contribution < 1.29 is 4.68 Å². The molecule has 0 bridgehead atoms. The van der Waals surface area contributed by atoms with Crippen LogP contribution in [0.2, 0.25) is 0 Å². The molecule has 212 valence electrons. The number of aromatic nitrogens is 3. The topological polar surface area (TPSA) is 35.3 Å². The molecule has 1 heterocycles. The summed E-state index contributed by atoms with van der Waals surface area (Å²) in [4.78, 5) is 5.32. The molecule has 0 spiro atoms. The lowest BCUT2D eigenvalue weighted by Crippen LogP contribution is -2.41. The summed E-state index contributed by atoms with van der Waals surface area (Å²) in [5.41, 5.74) is 10.7. The van der Waals surface area contributed by atoms with E-state index in [1.807, 2.05) is 0 Å². The average Bonchev–Trinajstić information content (AvgIpc) is 3.31. The van der Waals surface area contributed by atoms with Gasteiger partial charge >= 0.3 is 0 Å². The third-order valence-electron chi connectivity index (χ3n) is 7.73. The van der Waals surface area contributed by atoms with Crippen molar-refractivity contribution in [2.45, 2.75) is 98.8 Å². The summed E-state index contributed by atoms with van der Waals surface area (Å²) in [6.07, 6.45) is 2.15. The van der Waals surface area contributed by atoms with E-state index in [0.717, 1.165) is 36.1 Å². The van der Waals surface area contributed by atoms with E-state index in [9.17, 15) is 0 Å². The van der Waals surface area contributed by atoms with Crippen molar-refractivity contribution in [3.63, 3.8) is 0 Å². The van der Waals surface area contributed by atoms with Crippen LogP contribution >= 0.6 is 0 Å². The van der Waals surface area contributed by atoms with E-state index in [1.165, 1.54) is 33.6 Å². The van der Waals surface area contributed by atoms with Crippen LogP contribution < -0.4 is 15.4 Å². The Morgan fingerprint density at radius 3 is 1.65 bits per heavy atom. The molecule has 0 saturated heterocycles. The number of hydrogen-bond acceptors (Lipinski definition) is 1. The quantitative estimate of drug-likeness (QED) is 0.148. The Kier molecular flexibility index (Phi) is 9.50. The van der Waals surface area contributed by atoms with Crippen LogP contribution in [0, 0.1) is 0 Å². The number of para-hydroxylation sites is 2. The second-order valence-electron chi connectivity index (χ2n) is 12.2. The van der Waals surface area contributed by atoms with E-state index >= 15 is 0 Å². The average molecular weight is 537 g/mol. The number of nitrogens with zero attached hydrogens (tertiary/aromatic N) is 4. The minimum Gasteiger partial charge on any atom is -0.334 e. The maximum absolute atomic E-state index is 5.52. The molecule has 0 atom stereocenters. The molecule has 0 amide bonds. The molecule has 0 aliphatic heterocycles. The van der Waals surface area contributed by atoms with Gasteiger partial charge in [-0.25, -0.2) is 4.99 Å². The predicted octanol–water partition coefficient (Wildman–Crippen LogP) is 8.57. The molecule has 0 aliphatic rings. The van der Waals surface area contributed by atoms with Gasteiger partial charge in [-0.05, 0) is 30.1 Å². The number of hydrogen-bond donors (Lipinski definition) is 0. The van der Waals surface area contributed by atoms with Gasteiger partial charge in [-0.3, -0.25) is 9.36 Å². The minimum atomic E-state index is 0.351. The monoisotopic (exact) mass is 536 g/mol. The van der Waals surface area contributed by atoms with Crippen LogP contribution in [0.5, 0.6) is 0 Å². The summed E-state index contributed by atoms with van der Waals surface area (Å²) >= 11 is 0. The van der Waals surface area contributed by atoms with Crippen molar-refractivity contribution in [2.75, 3.05) is 6.54 Å². The van der Waals surface area contributed by atoms with Crippen molar-refractivity contribution in [2.24, 2.45) is 4.99 Å². The fraction of sp³-hybridized carbons (Fsp3) is 0.444. The molecule has 4 heteroatoms. The van der Waals surface area contributed by atoms with Crippen molar-refractivity contribution in [1.82, 2.24) is 9.90 Å². The lowest BCUT2D eigenvalue weighted by atomic mass is 9.92. The maximum Gasteiger partial charge on any atom is 0.254 e. The molecule has 0 fully saturated rings. The summed E-state index contributed by atoms with van der Waals surface area (Å²) < 4.78 is 4.38. The van der Waals surface area contributed by atoms with E-state index in [1.54, 1.807) is 0 Å². The van der Waals surface area contributed by atoms with Gasteiger partial charge in [0.2, 0.25) is 0 Å². The first-order valence-electron chi connectivity index (χ1n) is 15.2. The second kappa shape index (κ2) is 12.8. The number of benzene rings is 3. The zero-order valence-corrected chi connectivity index (χ0v) is 26.1. The molecular formula is C36H48N4. The van der Waals surface area contributed by atoms with Gasteiger partial charge < -0.3 is 5.21 Å². The first kappa shape index (κ1) is 29.6. The van der Waals surface area contributed by atoms with E-state index in [-0.39, 0.29) is 0 Å². The largest absolute Gasteiger partial charge is 0.334 e. The standard InChI is InChI=1S/C36H48N4/c1-10-11-23-37-36-33(28-17-13-12-14-18-28)39(34-29(24(2)3)19-15-20-30(34)25(4)5)38-40(36)35-31(26(6)7)21-16-22-32(35)27(8)9/h12-22,24-27H,10-11,23H2,1-9H3. The molecule has 0 saturated carbocycles. The van der Waals surface area contributed by atoms with Crippen molar-refractivity contribution >= 4 is 0 Å². The summed E-state index contributed by atoms with van der Waals surface area (Å²) in [6.45, 7) is 21.2. The van der Waals surface area contributed by atoms with E-state index < -0.39 is 0 Å². The zero-order valence-electron chi connectivity index (χ0n) is 26.1. The Labute approximate surface area is 241 Å². The van der Waals surface area contributed by atoms with E-state index in [4.69, 9.17) is 10.2 Å². The Morgan fingerprint density at radius 1 is 0.675 bits per heavy atom. The second-order valence-corrected chi connectivity index (χ2v) is 12.2. The normalized spacial score (nSPS) is 12.5. The molecule has 1 aromatic heterocycles.